The van der Waals surface area contributed by atoms with Gasteiger partial charge in [0.2, 0.25) is 0 Å². The molecule has 3 aromatic rings. The summed E-state index contributed by atoms with van der Waals surface area (Å²) in [6.45, 7) is 15.9. The van der Waals surface area contributed by atoms with Gasteiger partial charge in [0.15, 0.2) is 0 Å². The Morgan fingerprint density at radius 2 is 0.892 bits per heavy atom. The monoisotopic (exact) mass is 500 g/mol. The molecule has 0 unspecified atom stereocenters. The van der Waals surface area contributed by atoms with Gasteiger partial charge in [0.1, 0.15) is 13.2 Å². The second kappa shape index (κ2) is 39.5. The molecule has 37 heavy (non-hydrogen) atoms. The quantitative estimate of drug-likeness (QED) is 0.306. The van der Waals surface area contributed by atoms with Crippen LogP contribution in [0, 0.1) is 42.9 Å². The molecule has 200 valence electrons. The highest BCUT2D eigenvalue weighted by Crippen LogP contribution is 1.95. The van der Waals surface area contributed by atoms with E-state index in [1.807, 2.05) is 126 Å². The third-order valence-corrected chi connectivity index (χ3v) is 3.30. The Bertz CT molecular complexity index is 892. The first kappa shape index (κ1) is 40.4. The average Bonchev–Trinajstić information content (AvgIpc) is 3.00. The summed E-state index contributed by atoms with van der Waals surface area (Å²) in [5, 5.41) is 16.0. The van der Waals surface area contributed by atoms with Gasteiger partial charge >= 0.3 is 0 Å². The molecule has 0 saturated heterocycles. The fourth-order valence-electron chi connectivity index (χ4n) is 1.91. The Balaban J connectivity index is -0.000000190. The van der Waals surface area contributed by atoms with E-state index in [-0.39, 0.29) is 13.2 Å². The maximum Gasteiger partial charge on any atom is 0.104 e. The Morgan fingerprint density at radius 3 is 1.14 bits per heavy atom. The Morgan fingerprint density at radius 1 is 0.568 bits per heavy atom. The van der Waals surface area contributed by atoms with Crippen LogP contribution in [0.15, 0.2) is 91.0 Å². The maximum atomic E-state index is 8.35. The summed E-state index contributed by atoms with van der Waals surface area (Å²) in [6, 6.07) is 29.9. The molecule has 0 bridgehead atoms. The van der Waals surface area contributed by atoms with Gasteiger partial charge in [0.25, 0.3) is 0 Å². The number of benzene rings is 3. The second-order valence-electron chi connectivity index (χ2n) is 5.86. The molecule has 0 fully saturated rings. The lowest BCUT2D eigenvalue weighted by Gasteiger charge is -1.84. The standard InChI is InChI=1S/C10H10.C9H8O.C7H8.C3H4O.3C2H6/c1-2-3-7-10-8-5-4-6-9-10;10-8-4-7-9-5-2-1-3-6-9;1-7-5-3-2-4-6-7;1-2-3-4;3*1-2/h4-6,8-9H,2H2,1H3;1-3,5-6,10H,8H2;2-6H,1H3;1,4H,3H2;3*1-2H3. The molecular weight excluding hydrogens is 452 g/mol. The Labute approximate surface area is 228 Å². The zero-order valence-electron chi connectivity index (χ0n) is 24.3. The Kier molecular flexibility index (Phi) is 43.1. The van der Waals surface area contributed by atoms with Crippen LogP contribution >= 0.6 is 0 Å². The highest BCUT2D eigenvalue weighted by molar-refractivity contribution is 5.34. The zero-order valence-corrected chi connectivity index (χ0v) is 24.3. The predicted octanol–water partition coefficient (Wildman–Crippen LogP) is 8.16. The van der Waals surface area contributed by atoms with Gasteiger partial charge in [0.05, 0.1) is 0 Å². The first-order valence-corrected chi connectivity index (χ1v) is 12.9. The minimum absolute atomic E-state index is 0.0745. The highest BCUT2D eigenvalue weighted by Gasteiger charge is 1.79. The van der Waals surface area contributed by atoms with Crippen LogP contribution in [0.4, 0.5) is 0 Å². The van der Waals surface area contributed by atoms with E-state index in [1.165, 1.54) is 5.56 Å². The van der Waals surface area contributed by atoms with Gasteiger partial charge in [0, 0.05) is 17.5 Å². The summed E-state index contributed by atoms with van der Waals surface area (Å²) < 4.78 is 0. The summed E-state index contributed by atoms with van der Waals surface area (Å²) >= 11 is 0. The smallest absolute Gasteiger partial charge is 0.104 e. The molecule has 0 aliphatic heterocycles. The lowest BCUT2D eigenvalue weighted by atomic mass is 10.2. The molecule has 3 rings (SSSR count). The van der Waals surface area contributed by atoms with Crippen molar-refractivity contribution in [2.45, 2.75) is 61.8 Å². The van der Waals surface area contributed by atoms with E-state index < -0.39 is 0 Å². The molecule has 2 nitrogen and oxygen atoms in total. The number of rotatable bonds is 0. The molecule has 0 aliphatic rings. The van der Waals surface area contributed by atoms with Gasteiger partial charge in [-0.3, -0.25) is 0 Å². The number of hydrogen-bond donors (Lipinski definition) is 2. The van der Waals surface area contributed by atoms with Gasteiger partial charge < -0.3 is 10.2 Å². The van der Waals surface area contributed by atoms with Crippen molar-refractivity contribution in [3.63, 3.8) is 0 Å². The van der Waals surface area contributed by atoms with Crippen LogP contribution < -0.4 is 0 Å². The second-order valence-corrected chi connectivity index (χ2v) is 5.86. The van der Waals surface area contributed by atoms with E-state index in [9.17, 15) is 0 Å². The molecule has 3 aromatic carbocycles. The van der Waals surface area contributed by atoms with Gasteiger partial charge in [-0.15, -0.1) is 6.42 Å². The normalized spacial score (nSPS) is 7.05. The largest absolute Gasteiger partial charge is 0.384 e. The van der Waals surface area contributed by atoms with Crippen molar-refractivity contribution in [1.82, 2.24) is 0 Å². The molecule has 0 atom stereocenters. The van der Waals surface area contributed by atoms with Crippen molar-refractivity contribution >= 4 is 0 Å². The van der Waals surface area contributed by atoms with Crippen LogP contribution in [-0.4, -0.2) is 23.4 Å². The van der Waals surface area contributed by atoms with Crippen molar-refractivity contribution in [2.75, 3.05) is 13.2 Å². The zero-order chi connectivity index (χ0) is 29.0. The van der Waals surface area contributed by atoms with Crippen molar-refractivity contribution in [3.8, 4) is 36.0 Å². The van der Waals surface area contributed by atoms with Crippen molar-refractivity contribution in [1.29, 1.82) is 0 Å². The third kappa shape index (κ3) is 34.5. The Hall–Kier alpha value is -3.74. The van der Waals surface area contributed by atoms with E-state index in [0.717, 1.165) is 17.5 Å². The van der Waals surface area contributed by atoms with E-state index in [0.29, 0.717) is 0 Å². The molecule has 2 heteroatoms. The van der Waals surface area contributed by atoms with E-state index >= 15 is 0 Å². The fourth-order valence-corrected chi connectivity index (χ4v) is 1.91. The van der Waals surface area contributed by atoms with Gasteiger partial charge in [-0.25, -0.2) is 0 Å². The van der Waals surface area contributed by atoms with Crippen molar-refractivity contribution in [3.05, 3.63) is 108 Å². The van der Waals surface area contributed by atoms with E-state index in [4.69, 9.17) is 10.2 Å². The van der Waals surface area contributed by atoms with Crippen LogP contribution in [0.2, 0.25) is 0 Å². The fraction of sp³-hybridized carbons (Fsp3) is 0.314. The number of terminal acetylenes is 1. The van der Waals surface area contributed by atoms with Crippen molar-refractivity contribution < 1.29 is 10.2 Å². The molecule has 2 N–H and O–H groups in total. The molecule has 0 aliphatic carbocycles. The van der Waals surface area contributed by atoms with Gasteiger partial charge in [-0.1, -0.05) is 150 Å². The molecule has 0 saturated carbocycles. The van der Waals surface area contributed by atoms with Crippen LogP contribution in [0.3, 0.4) is 0 Å². The first-order valence-electron chi connectivity index (χ1n) is 12.9. The van der Waals surface area contributed by atoms with Crippen LogP contribution in [-0.2, 0) is 0 Å². The minimum Gasteiger partial charge on any atom is -0.384 e. The summed E-state index contributed by atoms with van der Waals surface area (Å²) in [5.74, 6) is 13.4. The van der Waals surface area contributed by atoms with E-state index in [2.05, 4.69) is 56.1 Å². The molecule has 0 spiro atoms. The maximum absolute atomic E-state index is 8.35. The number of hydrogen-bond acceptors (Lipinski definition) is 2. The molecule has 0 heterocycles. The van der Waals surface area contributed by atoms with Crippen LogP contribution in [0.1, 0.15) is 71.6 Å². The number of aliphatic hydroxyl groups excluding tert-OH is 2. The summed E-state index contributed by atoms with van der Waals surface area (Å²) in [7, 11) is 0. The lowest BCUT2D eigenvalue weighted by Crippen LogP contribution is -1.74. The first-order chi connectivity index (χ1) is 18.2. The average molecular weight is 501 g/mol. The molecule has 0 aromatic heterocycles. The van der Waals surface area contributed by atoms with E-state index in [1.54, 1.807) is 0 Å². The van der Waals surface area contributed by atoms with Crippen LogP contribution in [0.5, 0.6) is 0 Å². The van der Waals surface area contributed by atoms with Gasteiger partial charge in [-0.2, -0.15) is 0 Å². The summed E-state index contributed by atoms with van der Waals surface area (Å²) in [6.07, 6.45) is 5.45. The summed E-state index contributed by atoms with van der Waals surface area (Å²) in [4.78, 5) is 0. The van der Waals surface area contributed by atoms with Crippen LogP contribution in [0.25, 0.3) is 0 Å². The summed E-state index contributed by atoms with van der Waals surface area (Å²) in [5.41, 5.74) is 3.36. The molecule has 0 amide bonds. The number of aryl methyl sites for hydroxylation is 1. The van der Waals surface area contributed by atoms with Gasteiger partial charge in [-0.05, 0) is 31.2 Å². The third-order valence-electron chi connectivity index (χ3n) is 3.30. The highest BCUT2D eigenvalue weighted by atomic mass is 16.3. The lowest BCUT2D eigenvalue weighted by molar-refractivity contribution is 0.350. The SMILES string of the molecule is C#CCO.CC.CC.CC.CCC#Cc1ccccc1.Cc1ccccc1.OCC#Cc1ccccc1. The number of aliphatic hydroxyl groups is 2. The topological polar surface area (TPSA) is 40.5 Å². The molecule has 0 radical (unpaired) electrons. The molecular formula is C35H48O2. The minimum atomic E-state index is -0.153. The predicted molar refractivity (Wildman–Crippen MR) is 165 cm³/mol. The van der Waals surface area contributed by atoms with Crippen molar-refractivity contribution in [2.24, 2.45) is 0 Å².